The number of hydrogen-bond donors (Lipinski definition) is 2. The number of methoxy groups -OCH3 is 1. The van der Waals surface area contributed by atoms with Crippen molar-refractivity contribution in [1.82, 2.24) is 15.2 Å². The fourth-order valence-corrected chi connectivity index (χ4v) is 4.81. The van der Waals surface area contributed by atoms with Gasteiger partial charge in [0.2, 0.25) is 0 Å². The minimum Gasteiger partial charge on any atom is -0.497 e. The van der Waals surface area contributed by atoms with Crippen LogP contribution in [0.4, 0.5) is 4.39 Å². The molecular formula is C23H26FN3O2. The third kappa shape index (κ3) is 3.26. The van der Waals surface area contributed by atoms with Gasteiger partial charge < -0.3 is 19.8 Å². The Balaban J connectivity index is 1.32. The Hall–Kier alpha value is -2.57. The highest BCUT2D eigenvalue weighted by Gasteiger charge is 2.43. The number of nitrogens with zero attached hydrogens (tertiary/aromatic N) is 1. The number of hydrogen-bond acceptors (Lipinski definition) is 4. The van der Waals surface area contributed by atoms with Crippen LogP contribution in [0.3, 0.4) is 0 Å². The highest BCUT2D eigenvalue weighted by atomic mass is 19.1. The number of benzene rings is 2. The van der Waals surface area contributed by atoms with E-state index in [4.69, 9.17) is 9.47 Å². The van der Waals surface area contributed by atoms with Crippen LogP contribution >= 0.6 is 0 Å². The van der Waals surface area contributed by atoms with Gasteiger partial charge in [0.15, 0.2) is 11.6 Å². The summed E-state index contributed by atoms with van der Waals surface area (Å²) in [5, 5.41) is 5.05. The lowest BCUT2D eigenvalue weighted by Crippen LogP contribution is -2.49. The van der Waals surface area contributed by atoms with Crippen LogP contribution in [-0.4, -0.2) is 49.8 Å². The van der Waals surface area contributed by atoms with Crippen molar-refractivity contribution >= 4 is 10.9 Å². The molecule has 152 valence electrons. The third-order valence-electron chi connectivity index (χ3n) is 6.28. The highest BCUT2D eigenvalue weighted by Crippen LogP contribution is 2.40. The molecule has 1 fully saturated rings. The number of H-pyrrole nitrogens is 1. The number of nitrogens with one attached hydrogen (secondary N) is 2. The Bertz CT molecular complexity index is 1030. The van der Waals surface area contributed by atoms with Crippen molar-refractivity contribution in [2.45, 2.75) is 18.4 Å². The summed E-state index contributed by atoms with van der Waals surface area (Å²) in [5.74, 6) is 0.909. The molecule has 3 aromatic rings. The molecule has 2 aliphatic heterocycles. The largest absolute Gasteiger partial charge is 0.497 e. The molecule has 2 aromatic carbocycles. The molecule has 29 heavy (non-hydrogen) atoms. The zero-order chi connectivity index (χ0) is 19.8. The molecule has 1 unspecified atom stereocenters. The lowest BCUT2D eigenvalue weighted by atomic mass is 9.86. The second kappa shape index (κ2) is 7.35. The van der Waals surface area contributed by atoms with E-state index in [1.807, 2.05) is 6.07 Å². The first-order chi connectivity index (χ1) is 14.2. The maximum absolute atomic E-state index is 13.7. The van der Waals surface area contributed by atoms with Crippen molar-refractivity contribution in [3.05, 3.63) is 59.5 Å². The van der Waals surface area contributed by atoms with Gasteiger partial charge in [0.05, 0.1) is 12.6 Å². The molecule has 5 nitrogen and oxygen atoms in total. The molecule has 0 saturated carbocycles. The van der Waals surface area contributed by atoms with Crippen LogP contribution in [0.1, 0.15) is 17.7 Å². The molecule has 2 aliphatic rings. The molecule has 1 atom stereocenters. The van der Waals surface area contributed by atoms with Gasteiger partial charge in [-0.25, -0.2) is 4.39 Å². The molecule has 0 amide bonds. The van der Waals surface area contributed by atoms with Crippen LogP contribution < -0.4 is 14.8 Å². The molecular weight excluding hydrogens is 369 g/mol. The predicted molar refractivity (Wildman–Crippen MR) is 111 cm³/mol. The molecule has 3 heterocycles. The van der Waals surface area contributed by atoms with Crippen molar-refractivity contribution in [3.8, 4) is 11.5 Å². The summed E-state index contributed by atoms with van der Waals surface area (Å²) in [5.41, 5.74) is 3.82. The monoisotopic (exact) mass is 395 g/mol. The van der Waals surface area contributed by atoms with Crippen molar-refractivity contribution in [3.63, 3.8) is 0 Å². The van der Waals surface area contributed by atoms with Gasteiger partial charge in [-0.1, -0.05) is 12.1 Å². The van der Waals surface area contributed by atoms with Crippen molar-refractivity contribution in [2.75, 3.05) is 39.9 Å². The maximum atomic E-state index is 13.7. The van der Waals surface area contributed by atoms with Crippen molar-refractivity contribution in [2.24, 2.45) is 0 Å². The normalized spacial score (nSPS) is 21.6. The second-order valence-corrected chi connectivity index (χ2v) is 7.95. The Labute approximate surface area is 169 Å². The van der Waals surface area contributed by atoms with E-state index in [0.29, 0.717) is 12.4 Å². The quantitative estimate of drug-likeness (QED) is 0.695. The number of aromatic nitrogens is 1. The van der Waals surface area contributed by atoms with Crippen LogP contribution in [0.5, 0.6) is 11.5 Å². The minimum absolute atomic E-state index is 0.0577. The Morgan fingerprint density at radius 2 is 2.10 bits per heavy atom. The smallest absolute Gasteiger partial charge is 0.165 e. The molecule has 2 N–H and O–H groups in total. The zero-order valence-corrected chi connectivity index (χ0v) is 16.6. The van der Waals surface area contributed by atoms with Gasteiger partial charge in [-0.3, -0.25) is 4.90 Å². The summed E-state index contributed by atoms with van der Waals surface area (Å²) in [6.07, 6.45) is 2.06. The van der Waals surface area contributed by atoms with Gasteiger partial charge in [-0.2, -0.15) is 0 Å². The van der Waals surface area contributed by atoms with Crippen LogP contribution in [0.15, 0.2) is 42.5 Å². The first-order valence-corrected chi connectivity index (χ1v) is 10.2. The summed E-state index contributed by atoms with van der Waals surface area (Å²) in [6, 6.07) is 12.8. The molecule has 0 aliphatic carbocycles. The topological polar surface area (TPSA) is 49.5 Å². The van der Waals surface area contributed by atoms with Crippen molar-refractivity contribution in [1.29, 1.82) is 0 Å². The molecule has 5 rings (SSSR count). The number of likely N-dealkylation sites (tertiary alicyclic amines) is 1. The fraction of sp³-hybridized carbons (Fsp3) is 0.391. The number of ether oxygens (including phenoxy) is 2. The molecule has 6 heteroatoms. The van der Waals surface area contributed by atoms with E-state index >= 15 is 0 Å². The van der Waals surface area contributed by atoms with E-state index in [1.165, 1.54) is 28.2 Å². The maximum Gasteiger partial charge on any atom is 0.165 e. The number of fused-ring (bicyclic) bond motifs is 4. The Morgan fingerprint density at radius 1 is 1.21 bits per heavy atom. The zero-order valence-electron chi connectivity index (χ0n) is 16.6. The number of aromatic amines is 1. The van der Waals surface area contributed by atoms with Crippen LogP contribution in [-0.2, 0) is 12.0 Å². The summed E-state index contributed by atoms with van der Waals surface area (Å²) in [4.78, 5) is 6.08. The second-order valence-electron chi connectivity index (χ2n) is 7.95. The Kier molecular flexibility index (Phi) is 4.68. The van der Waals surface area contributed by atoms with Crippen LogP contribution in [0.2, 0.25) is 0 Å². The molecule has 1 aromatic heterocycles. The van der Waals surface area contributed by atoms with E-state index < -0.39 is 0 Å². The van der Waals surface area contributed by atoms with Crippen molar-refractivity contribution < 1.29 is 13.9 Å². The lowest BCUT2D eigenvalue weighted by Gasteiger charge is -2.35. The third-order valence-corrected chi connectivity index (χ3v) is 6.28. The first kappa shape index (κ1) is 18.5. The fourth-order valence-electron chi connectivity index (χ4n) is 4.81. The van der Waals surface area contributed by atoms with E-state index in [1.54, 1.807) is 25.3 Å². The van der Waals surface area contributed by atoms with E-state index in [-0.39, 0.29) is 11.4 Å². The lowest BCUT2D eigenvalue weighted by molar-refractivity contribution is 0.213. The molecule has 1 saturated heterocycles. The predicted octanol–water partition coefficient (Wildman–Crippen LogP) is 3.44. The average Bonchev–Trinajstić information content (AvgIpc) is 3.32. The van der Waals surface area contributed by atoms with Gasteiger partial charge >= 0.3 is 0 Å². The molecule has 0 bridgehead atoms. The van der Waals surface area contributed by atoms with Gasteiger partial charge in [-0.15, -0.1) is 0 Å². The highest BCUT2D eigenvalue weighted by molar-refractivity contribution is 5.86. The molecule has 0 radical (unpaired) electrons. The average molecular weight is 395 g/mol. The number of rotatable bonds is 5. The Morgan fingerprint density at radius 3 is 2.97 bits per heavy atom. The molecule has 1 spiro atoms. The van der Waals surface area contributed by atoms with Gasteiger partial charge in [0.1, 0.15) is 12.4 Å². The first-order valence-electron chi connectivity index (χ1n) is 10.2. The summed E-state index contributed by atoms with van der Waals surface area (Å²) >= 11 is 0. The number of para-hydroxylation sites is 1. The SMILES string of the molecule is COc1ccc2[nH]c3c(c2c1)CCNC31CCN(CCOc2ccccc2F)C1. The minimum atomic E-state index is -0.308. The standard InChI is InChI=1S/C23H26FN3O2/c1-28-16-6-7-20-18(14-16)17-8-10-25-23(22(17)26-20)9-11-27(15-23)12-13-29-21-5-3-2-4-19(21)24/h2-7,14,25-26H,8-13,15H2,1H3. The summed E-state index contributed by atoms with van der Waals surface area (Å²) in [7, 11) is 1.71. The summed E-state index contributed by atoms with van der Waals surface area (Å²) < 4.78 is 24.8. The van der Waals surface area contributed by atoms with Crippen LogP contribution in [0, 0.1) is 5.82 Å². The van der Waals surface area contributed by atoms with E-state index in [9.17, 15) is 4.39 Å². The van der Waals surface area contributed by atoms with Gasteiger partial charge in [-0.05, 0) is 48.7 Å². The van der Waals surface area contributed by atoms with E-state index in [0.717, 1.165) is 44.8 Å². The van der Waals surface area contributed by atoms with Crippen LogP contribution in [0.25, 0.3) is 10.9 Å². The van der Waals surface area contributed by atoms with Gasteiger partial charge in [0, 0.05) is 42.8 Å². The van der Waals surface area contributed by atoms with Gasteiger partial charge in [0.25, 0.3) is 0 Å². The number of halogens is 1. The van der Waals surface area contributed by atoms with E-state index in [2.05, 4.69) is 27.3 Å². The summed E-state index contributed by atoms with van der Waals surface area (Å²) in [6.45, 7) is 4.14.